The molecular weight excluding hydrogens is 288 g/mol. The molecule has 1 unspecified atom stereocenters. The van der Waals surface area contributed by atoms with Gasteiger partial charge in [0.2, 0.25) is 0 Å². The average molecular weight is 323 g/mol. The third-order valence-electron chi connectivity index (χ3n) is 6.01. The summed E-state index contributed by atoms with van der Waals surface area (Å²) in [4.78, 5) is 0. The Morgan fingerprint density at radius 1 is 1.29 bits per heavy atom. The number of hydrogen-bond acceptors (Lipinski definition) is 1. The maximum Gasteiger partial charge on any atom is 0.146 e. The zero-order valence-electron chi connectivity index (χ0n) is 15.0. The van der Waals surface area contributed by atoms with Crippen molar-refractivity contribution in [1.29, 1.82) is 0 Å². The highest BCUT2D eigenvalue weighted by molar-refractivity contribution is 6.83. The molecule has 2 aliphatic rings. The Hall–Kier alpha value is -0.0462. The number of rotatable bonds is 3. The lowest BCUT2D eigenvalue weighted by molar-refractivity contribution is -0.0102. The molecule has 0 aliphatic heterocycles. The SMILES string of the molecule is CC(CC#C[Si](C)(C)C)[C@H]1CC[C@H]2[C@@H](O[SiH3])CCC[C@]12C. The molecule has 21 heavy (non-hydrogen) atoms. The van der Waals surface area contributed by atoms with Crippen LogP contribution in [0.25, 0.3) is 0 Å². The lowest BCUT2D eigenvalue weighted by Crippen LogP contribution is -2.42. The maximum atomic E-state index is 5.94. The van der Waals surface area contributed by atoms with Crippen LogP contribution in [0.5, 0.6) is 0 Å². The molecule has 3 heteroatoms. The van der Waals surface area contributed by atoms with Gasteiger partial charge in [0.15, 0.2) is 0 Å². The first-order valence-corrected chi connectivity index (χ1v) is 13.1. The van der Waals surface area contributed by atoms with Crippen LogP contribution >= 0.6 is 0 Å². The minimum atomic E-state index is -1.21. The second-order valence-electron chi connectivity index (χ2n) is 8.70. The highest BCUT2D eigenvalue weighted by Crippen LogP contribution is 2.58. The number of fused-ring (bicyclic) bond motifs is 1. The van der Waals surface area contributed by atoms with E-state index in [2.05, 4.69) is 45.0 Å². The van der Waals surface area contributed by atoms with Gasteiger partial charge < -0.3 is 4.43 Å². The standard InChI is InChI=1S/C18H34OSi2/c1-14(8-7-13-21(3,4)5)15-10-11-16-17(19-20)9-6-12-18(15,16)2/h14-17H,6,8-12H2,1-5,20H3/t14?,15-,16+,17+,18-/m1/s1. The lowest BCUT2D eigenvalue weighted by atomic mass is 9.61. The first-order chi connectivity index (χ1) is 9.78. The molecule has 0 amide bonds. The van der Waals surface area contributed by atoms with E-state index in [4.69, 9.17) is 4.43 Å². The smallest absolute Gasteiger partial charge is 0.146 e. The zero-order chi connectivity index (χ0) is 15.7. The molecule has 0 aromatic rings. The van der Waals surface area contributed by atoms with Gasteiger partial charge in [0.25, 0.3) is 0 Å². The molecule has 2 saturated carbocycles. The topological polar surface area (TPSA) is 9.23 Å². The summed E-state index contributed by atoms with van der Waals surface area (Å²) < 4.78 is 5.94. The van der Waals surface area contributed by atoms with E-state index >= 15 is 0 Å². The Morgan fingerprint density at radius 2 is 2.00 bits per heavy atom. The van der Waals surface area contributed by atoms with E-state index in [9.17, 15) is 0 Å². The predicted octanol–water partition coefficient (Wildman–Crippen LogP) is 3.78. The lowest BCUT2D eigenvalue weighted by Gasteiger charge is -2.46. The summed E-state index contributed by atoms with van der Waals surface area (Å²) in [7, 11) is -0.312. The molecule has 5 atom stereocenters. The molecule has 0 aromatic heterocycles. The minimum absolute atomic E-state index is 0.521. The third kappa shape index (κ3) is 3.83. The fourth-order valence-corrected chi connectivity index (χ4v) is 6.19. The molecule has 0 aromatic carbocycles. The van der Waals surface area contributed by atoms with E-state index in [1.807, 2.05) is 0 Å². The van der Waals surface area contributed by atoms with Crippen molar-refractivity contribution in [1.82, 2.24) is 0 Å². The first-order valence-electron chi connectivity index (χ1n) is 8.81. The van der Waals surface area contributed by atoms with E-state index in [0.717, 1.165) is 34.7 Å². The normalized spacial score (nSPS) is 37.7. The van der Waals surface area contributed by atoms with Crippen molar-refractivity contribution in [2.75, 3.05) is 0 Å². The van der Waals surface area contributed by atoms with Gasteiger partial charge in [-0.05, 0) is 48.9 Å². The first kappa shape index (κ1) is 17.3. The van der Waals surface area contributed by atoms with E-state index in [0.29, 0.717) is 11.5 Å². The summed E-state index contributed by atoms with van der Waals surface area (Å²) in [5.41, 5.74) is 4.07. The molecule has 1 nitrogen and oxygen atoms in total. The zero-order valence-corrected chi connectivity index (χ0v) is 18.0. The minimum Gasteiger partial charge on any atom is -0.425 e. The van der Waals surface area contributed by atoms with Crippen LogP contribution in [0.4, 0.5) is 0 Å². The summed E-state index contributed by atoms with van der Waals surface area (Å²) in [5, 5.41) is 0. The fraction of sp³-hybridized carbons (Fsp3) is 0.889. The Morgan fingerprint density at radius 3 is 2.62 bits per heavy atom. The molecule has 0 bridgehead atoms. The molecule has 2 aliphatic carbocycles. The summed E-state index contributed by atoms with van der Waals surface area (Å²) in [6.07, 6.45) is 8.54. The van der Waals surface area contributed by atoms with E-state index in [1.165, 1.54) is 32.1 Å². The van der Waals surface area contributed by atoms with Gasteiger partial charge in [-0.3, -0.25) is 0 Å². The van der Waals surface area contributed by atoms with Gasteiger partial charge in [0, 0.05) is 12.5 Å². The van der Waals surface area contributed by atoms with Crippen LogP contribution in [0.2, 0.25) is 19.6 Å². The molecular formula is C18H34OSi2. The second kappa shape index (κ2) is 6.60. The van der Waals surface area contributed by atoms with Crippen molar-refractivity contribution in [2.24, 2.45) is 23.2 Å². The van der Waals surface area contributed by atoms with Crippen LogP contribution in [-0.4, -0.2) is 24.7 Å². The highest BCUT2D eigenvalue weighted by Gasteiger charge is 2.52. The van der Waals surface area contributed by atoms with Gasteiger partial charge in [-0.2, -0.15) is 0 Å². The van der Waals surface area contributed by atoms with Crippen molar-refractivity contribution in [2.45, 2.75) is 78.1 Å². The van der Waals surface area contributed by atoms with Gasteiger partial charge in [0.05, 0.1) is 0 Å². The van der Waals surface area contributed by atoms with Crippen molar-refractivity contribution in [3.8, 4) is 11.5 Å². The molecule has 0 spiro atoms. The Kier molecular flexibility index (Phi) is 5.44. The van der Waals surface area contributed by atoms with E-state index < -0.39 is 8.07 Å². The fourth-order valence-electron chi connectivity index (χ4n) is 5.00. The molecule has 0 N–H and O–H groups in total. The van der Waals surface area contributed by atoms with Gasteiger partial charge in [-0.1, -0.05) is 39.9 Å². The van der Waals surface area contributed by atoms with Crippen molar-refractivity contribution < 1.29 is 4.43 Å². The molecule has 2 rings (SSSR count). The van der Waals surface area contributed by atoms with Crippen molar-refractivity contribution in [3.05, 3.63) is 0 Å². The van der Waals surface area contributed by atoms with Crippen LogP contribution in [0.1, 0.15) is 52.4 Å². The molecule has 120 valence electrons. The van der Waals surface area contributed by atoms with Gasteiger partial charge in [-0.15, -0.1) is 11.5 Å². The maximum absolute atomic E-state index is 5.94. The largest absolute Gasteiger partial charge is 0.425 e. The molecule has 0 heterocycles. The Bertz CT molecular complexity index is 417. The quantitative estimate of drug-likeness (QED) is 0.567. The molecule has 0 saturated heterocycles. The summed E-state index contributed by atoms with van der Waals surface area (Å²) in [5.74, 6) is 5.95. The summed E-state index contributed by atoms with van der Waals surface area (Å²) in [6, 6.07) is 0. The monoisotopic (exact) mass is 322 g/mol. The van der Waals surface area contributed by atoms with Crippen molar-refractivity contribution in [3.63, 3.8) is 0 Å². The van der Waals surface area contributed by atoms with Gasteiger partial charge in [-0.25, -0.2) is 0 Å². The Labute approximate surface area is 136 Å². The van der Waals surface area contributed by atoms with Gasteiger partial charge >= 0.3 is 0 Å². The average Bonchev–Trinajstić information content (AvgIpc) is 2.73. The Balaban J connectivity index is 2.05. The predicted molar refractivity (Wildman–Crippen MR) is 97.9 cm³/mol. The second-order valence-corrected chi connectivity index (χ2v) is 13.9. The summed E-state index contributed by atoms with van der Waals surface area (Å²) >= 11 is 0. The molecule has 2 fully saturated rings. The van der Waals surface area contributed by atoms with Gasteiger partial charge in [0.1, 0.15) is 18.6 Å². The summed E-state index contributed by atoms with van der Waals surface area (Å²) in [6.45, 7) is 12.0. The third-order valence-corrected chi connectivity index (χ3v) is 7.55. The molecule has 0 radical (unpaired) electrons. The van der Waals surface area contributed by atoms with Crippen LogP contribution < -0.4 is 0 Å². The highest BCUT2D eigenvalue weighted by atomic mass is 28.3. The number of hydrogen-bond donors (Lipinski definition) is 0. The van der Waals surface area contributed by atoms with Crippen LogP contribution in [0.15, 0.2) is 0 Å². The van der Waals surface area contributed by atoms with Crippen LogP contribution in [0.3, 0.4) is 0 Å². The van der Waals surface area contributed by atoms with Crippen LogP contribution in [0, 0.1) is 34.6 Å². The van der Waals surface area contributed by atoms with Crippen molar-refractivity contribution >= 4 is 18.6 Å². The van der Waals surface area contributed by atoms with E-state index in [-0.39, 0.29) is 0 Å². The van der Waals surface area contributed by atoms with Crippen LogP contribution in [-0.2, 0) is 4.43 Å². The van der Waals surface area contributed by atoms with E-state index in [1.54, 1.807) is 0 Å².